The van der Waals surface area contributed by atoms with Crippen LogP contribution in [0, 0.1) is 25.5 Å². The Kier molecular flexibility index (Phi) is 5.70. The van der Waals surface area contributed by atoms with Gasteiger partial charge in [-0.2, -0.15) is 8.75 Å². The van der Waals surface area contributed by atoms with Crippen LogP contribution in [0.3, 0.4) is 0 Å². The van der Waals surface area contributed by atoms with Gasteiger partial charge in [0.15, 0.2) is 0 Å². The lowest BCUT2D eigenvalue weighted by Crippen LogP contribution is -1.89. The number of benzene rings is 4. The van der Waals surface area contributed by atoms with E-state index in [2.05, 4.69) is 8.75 Å². The molecule has 0 spiro atoms. The predicted molar refractivity (Wildman–Crippen MR) is 146 cm³/mol. The van der Waals surface area contributed by atoms with Gasteiger partial charge in [-0.1, -0.05) is 66.2 Å². The number of nitrogens with zero attached hydrogens (tertiary/aromatic N) is 2. The van der Waals surface area contributed by atoms with Gasteiger partial charge < -0.3 is 0 Å². The molecule has 0 aliphatic carbocycles. The molecule has 0 saturated heterocycles. The van der Waals surface area contributed by atoms with Crippen molar-refractivity contribution in [3.8, 4) is 43.1 Å². The second kappa shape index (κ2) is 9.04. The molecule has 0 aliphatic rings. The van der Waals surface area contributed by atoms with Crippen molar-refractivity contribution in [1.82, 2.24) is 8.75 Å². The van der Waals surface area contributed by atoms with Crippen LogP contribution < -0.4 is 0 Å². The molecule has 36 heavy (non-hydrogen) atoms. The Bertz CT molecular complexity index is 1730. The van der Waals surface area contributed by atoms with Crippen molar-refractivity contribution >= 4 is 34.1 Å². The van der Waals surface area contributed by atoms with Crippen molar-refractivity contribution in [2.24, 2.45) is 0 Å². The minimum Gasteiger partial charge on any atom is -0.206 e. The summed E-state index contributed by atoms with van der Waals surface area (Å²) in [5.41, 5.74) is 7.91. The number of aromatic nitrogens is 2. The minimum absolute atomic E-state index is 0.233. The maximum atomic E-state index is 15.3. The molecule has 176 valence electrons. The van der Waals surface area contributed by atoms with Crippen LogP contribution in [0.25, 0.3) is 54.2 Å². The van der Waals surface area contributed by atoms with Crippen LogP contribution in [0.5, 0.6) is 0 Å². The van der Waals surface area contributed by atoms with Crippen molar-refractivity contribution in [3.63, 3.8) is 0 Å². The van der Waals surface area contributed by atoms with Gasteiger partial charge in [-0.25, -0.2) is 8.78 Å². The predicted octanol–water partition coefficient (Wildman–Crippen LogP) is 9.32. The summed E-state index contributed by atoms with van der Waals surface area (Å²) < 4.78 is 38.9. The highest BCUT2D eigenvalue weighted by atomic mass is 32.1. The molecule has 0 fully saturated rings. The zero-order valence-electron chi connectivity index (χ0n) is 19.5. The fourth-order valence-electron chi connectivity index (χ4n) is 4.39. The first-order chi connectivity index (χ1) is 17.5. The highest BCUT2D eigenvalue weighted by Gasteiger charge is 2.18. The van der Waals surface area contributed by atoms with Crippen LogP contribution >= 0.6 is 23.1 Å². The molecule has 2 nitrogen and oxygen atoms in total. The molecule has 0 aliphatic heterocycles. The van der Waals surface area contributed by atoms with Crippen LogP contribution in [0.1, 0.15) is 11.1 Å². The van der Waals surface area contributed by atoms with Gasteiger partial charge >= 0.3 is 0 Å². The van der Waals surface area contributed by atoms with E-state index in [4.69, 9.17) is 0 Å². The SMILES string of the molecule is Cc1ccc(-c2ccc(-c3ccc(-c4ccc(-c5ccc(C)cc5F)s4)c4nsnc34)c(F)c2)cc1. The summed E-state index contributed by atoms with van der Waals surface area (Å²) in [6.07, 6.45) is 0. The van der Waals surface area contributed by atoms with Crippen molar-refractivity contribution in [2.45, 2.75) is 13.8 Å². The summed E-state index contributed by atoms with van der Waals surface area (Å²) in [6.45, 7) is 3.90. The van der Waals surface area contributed by atoms with Crippen molar-refractivity contribution in [1.29, 1.82) is 0 Å². The summed E-state index contributed by atoms with van der Waals surface area (Å²) in [5.74, 6) is -0.535. The van der Waals surface area contributed by atoms with Crippen LogP contribution in [0.4, 0.5) is 8.78 Å². The van der Waals surface area contributed by atoms with Gasteiger partial charge in [-0.05, 0) is 54.8 Å². The third kappa shape index (κ3) is 4.02. The summed E-state index contributed by atoms with van der Waals surface area (Å²) in [6, 6.07) is 26.4. The van der Waals surface area contributed by atoms with E-state index in [-0.39, 0.29) is 11.6 Å². The van der Waals surface area contributed by atoms with Gasteiger partial charge in [0.1, 0.15) is 22.7 Å². The van der Waals surface area contributed by atoms with E-state index in [1.54, 1.807) is 12.1 Å². The average Bonchev–Trinajstić information content (AvgIpc) is 3.55. The molecule has 2 aromatic heterocycles. The Hall–Kier alpha value is -3.74. The molecule has 0 saturated carbocycles. The first-order valence-corrected chi connectivity index (χ1v) is 13.0. The normalized spacial score (nSPS) is 11.3. The van der Waals surface area contributed by atoms with E-state index >= 15 is 4.39 Å². The third-order valence-electron chi connectivity index (χ3n) is 6.32. The van der Waals surface area contributed by atoms with Crippen LogP contribution in [0.2, 0.25) is 0 Å². The number of thiophene rings is 1. The fourth-order valence-corrected chi connectivity index (χ4v) is 6.02. The molecule has 6 rings (SSSR count). The molecule has 0 bridgehead atoms. The Morgan fingerprint density at radius 2 is 1.08 bits per heavy atom. The zero-order valence-corrected chi connectivity index (χ0v) is 21.2. The Morgan fingerprint density at radius 3 is 1.81 bits per heavy atom. The molecule has 2 heterocycles. The van der Waals surface area contributed by atoms with Crippen molar-refractivity contribution < 1.29 is 8.78 Å². The summed E-state index contributed by atoms with van der Waals surface area (Å²) >= 11 is 2.61. The van der Waals surface area contributed by atoms with Crippen molar-refractivity contribution in [3.05, 3.63) is 108 Å². The molecular weight excluding hydrogens is 490 g/mol. The molecule has 0 unspecified atom stereocenters. The molecule has 6 heteroatoms. The van der Waals surface area contributed by atoms with Gasteiger partial charge in [-0.15, -0.1) is 11.3 Å². The monoisotopic (exact) mass is 510 g/mol. The maximum Gasteiger partial charge on any atom is 0.132 e. The number of aryl methyl sites for hydroxylation is 2. The molecule has 4 aromatic carbocycles. The van der Waals surface area contributed by atoms with Gasteiger partial charge in [0.2, 0.25) is 0 Å². The number of halogens is 2. The van der Waals surface area contributed by atoms with Gasteiger partial charge in [0.25, 0.3) is 0 Å². The van der Waals surface area contributed by atoms with E-state index in [0.717, 1.165) is 54.8 Å². The average molecular weight is 511 g/mol. The number of rotatable bonds is 4. The van der Waals surface area contributed by atoms with Crippen LogP contribution in [0.15, 0.2) is 84.9 Å². The Balaban J connectivity index is 1.39. The minimum atomic E-state index is -0.302. The zero-order chi connectivity index (χ0) is 24.8. The first kappa shape index (κ1) is 22.7. The molecular formula is C30H20F2N2S2. The van der Waals surface area contributed by atoms with E-state index in [9.17, 15) is 4.39 Å². The van der Waals surface area contributed by atoms with Crippen molar-refractivity contribution in [2.75, 3.05) is 0 Å². The summed E-state index contributed by atoms with van der Waals surface area (Å²) in [4.78, 5) is 1.81. The maximum absolute atomic E-state index is 15.3. The summed E-state index contributed by atoms with van der Waals surface area (Å²) in [7, 11) is 0. The van der Waals surface area contributed by atoms with Crippen LogP contribution in [-0.2, 0) is 0 Å². The Morgan fingerprint density at radius 1 is 0.528 bits per heavy atom. The summed E-state index contributed by atoms with van der Waals surface area (Å²) in [5, 5.41) is 0. The molecule has 0 atom stereocenters. The van der Waals surface area contributed by atoms with E-state index in [1.165, 1.54) is 11.3 Å². The van der Waals surface area contributed by atoms with Gasteiger partial charge in [-0.3, -0.25) is 0 Å². The van der Waals surface area contributed by atoms with Crippen LogP contribution in [-0.4, -0.2) is 8.75 Å². The van der Waals surface area contributed by atoms with E-state index < -0.39 is 0 Å². The van der Waals surface area contributed by atoms with Gasteiger partial charge in [0.05, 0.1) is 11.7 Å². The quantitative estimate of drug-likeness (QED) is 0.236. The lowest BCUT2D eigenvalue weighted by molar-refractivity contribution is 0.630. The number of fused-ring (bicyclic) bond motifs is 1. The second-order valence-electron chi connectivity index (χ2n) is 8.83. The van der Waals surface area contributed by atoms with E-state index in [1.807, 2.05) is 86.6 Å². The lowest BCUT2D eigenvalue weighted by Gasteiger charge is -2.09. The molecule has 0 amide bonds. The molecule has 6 aromatic rings. The second-order valence-corrected chi connectivity index (χ2v) is 10.4. The highest BCUT2D eigenvalue weighted by molar-refractivity contribution is 7.19. The lowest BCUT2D eigenvalue weighted by atomic mass is 9.97. The molecule has 0 N–H and O–H groups in total. The third-order valence-corrected chi connectivity index (χ3v) is 8.00. The number of hydrogen-bond donors (Lipinski definition) is 0. The fraction of sp³-hybridized carbons (Fsp3) is 0.0667. The molecule has 0 radical (unpaired) electrons. The highest BCUT2D eigenvalue weighted by Crippen LogP contribution is 2.41. The Labute approximate surface area is 215 Å². The van der Waals surface area contributed by atoms with Gasteiger partial charge in [0, 0.05) is 32.0 Å². The topological polar surface area (TPSA) is 25.8 Å². The first-order valence-electron chi connectivity index (χ1n) is 11.5. The largest absolute Gasteiger partial charge is 0.206 e. The van der Waals surface area contributed by atoms with E-state index in [0.29, 0.717) is 22.2 Å². The standard InChI is InChI=1S/C30H20F2N2S2/c1-17-3-6-19(7-4-17)20-8-10-21(26(32)16-20)22-11-12-24(30-29(22)33-36-34-30)28-14-13-27(35-28)23-9-5-18(2)15-25(23)31/h3-16H,1-2H3. The smallest absolute Gasteiger partial charge is 0.132 e. The number of hydrogen-bond acceptors (Lipinski definition) is 4.